The first-order valence-electron chi connectivity index (χ1n) is 18.8. The number of aliphatic carboxylic acids is 1. The van der Waals surface area contributed by atoms with E-state index in [1.54, 1.807) is 0 Å². The van der Waals surface area contributed by atoms with Crippen LogP contribution in [0, 0.1) is 5.92 Å². The van der Waals surface area contributed by atoms with E-state index in [2.05, 4.69) is 0 Å². The van der Waals surface area contributed by atoms with Crippen molar-refractivity contribution in [2.24, 2.45) is 5.92 Å². The Morgan fingerprint density at radius 2 is 0.833 bits per heavy atom. The van der Waals surface area contributed by atoms with Gasteiger partial charge in [0.15, 0.2) is 0 Å². The molecule has 0 rings (SSSR count). The predicted octanol–water partition coefficient (Wildman–Crippen LogP) is 7.65. The zero-order valence-corrected chi connectivity index (χ0v) is 30.4. The molecule has 0 aromatic heterocycles. The van der Waals surface area contributed by atoms with Crippen LogP contribution in [-0.2, 0) is 42.9 Å². The van der Waals surface area contributed by atoms with E-state index in [9.17, 15) is 24.0 Å². The Labute approximate surface area is 290 Å². The number of ketones is 4. The van der Waals surface area contributed by atoms with Gasteiger partial charge in [0.05, 0.1) is 46.2 Å². The number of rotatable bonds is 39. The molecule has 0 amide bonds. The highest BCUT2D eigenvalue weighted by atomic mass is 16.6. The number of carbonyl (C=O) groups is 5. The fourth-order valence-electron chi connectivity index (χ4n) is 5.37. The molecule has 0 bridgehead atoms. The summed E-state index contributed by atoms with van der Waals surface area (Å²) in [6, 6.07) is 0. The number of hydrogen-bond donors (Lipinski definition) is 1. The molecule has 0 unspecified atom stereocenters. The van der Waals surface area contributed by atoms with E-state index in [0.29, 0.717) is 84.1 Å². The molecule has 0 saturated heterocycles. The standard InChI is InChI=1S/C38H68O10/c1-33(39)21-22-35(34(2)40)32-37(42)23-25-46-27-29-48-31-30-47-28-26-45-24-17-19-36(41)18-15-13-11-9-7-5-3-4-6-8-10-12-14-16-20-38(43)44/h35H,3-32H2,1-2H3,(H,43,44)/t35-/m1/s1. The van der Waals surface area contributed by atoms with E-state index >= 15 is 0 Å². The van der Waals surface area contributed by atoms with Crippen LogP contribution in [0.5, 0.6) is 0 Å². The Hall–Kier alpha value is -2.01. The first-order valence-corrected chi connectivity index (χ1v) is 18.8. The number of carbonyl (C=O) groups excluding carboxylic acids is 4. The summed E-state index contributed by atoms with van der Waals surface area (Å²) in [5, 5.41) is 8.63. The van der Waals surface area contributed by atoms with Crippen molar-refractivity contribution < 1.29 is 48.0 Å². The molecule has 0 fully saturated rings. The highest BCUT2D eigenvalue weighted by Crippen LogP contribution is 2.16. The topological polar surface area (TPSA) is 143 Å². The summed E-state index contributed by atoms with van der Waals surface area (Å²) in [7, 11) is 0. The molecule has 10 heteroatoms. The van der Waals surface area contributed by atoms with Crippen LogP contribution >= 0.6 is 0 Å². The van der Waals surface area contributed by atoms with Crippen molar-refractivity contribution in [3.8, 4) is 0 Å². The molecule has 0 saturated carbocycles. The smallest absolute Gasteiger partial charge is 0.303 e. The molecule has 0 aromatic carbocycles. The van der Waals surface area contributed by atoms with Gasteiger partial charge < -0.3 is 28.8 Å². The summed E-state index contributed by atoms with van der Waals surface area (Å²) in [5.41, 5.74) is 0. The van der Waals surface area contributed by atoms with Gasteiger partial charge in [0.25, 0.3) is 0 Å². The first-order chi connectivity index (χ1) is 23.2. The van der Waals surface area contributed by atoms with Crippen LogP contribution in [0.4, 0.5) is 0 Å². The van der Waals surface area contributed by atoms with Crippen molar-refractivity contribution in [2.75, 3.05) is 52.9 Å². The molecule has 0 heterocycles. The second-order valence-corrected chi connectivity index (χ2v) is 13.0. The lowest BCUT2D eigenvalue weighted by Crippen LogP contribution is -2.18. The molecule has 1 N–H and O–H groups in total. The maximum absolute atomic E-state index is 12.1. The minimum Gasteiger partial charge on any atom is -0.481 e. The second-order valence-electron chi connectivity index (χ2n) is 13.0. The van der Waals surface area contributed by atoms with E-state index in [-0.39, 0.29) is 42.7 Å². The third-order valence-corrected chi connectivity index (χ3v) is 8.38. The minimum absolute atomic E-state index is 0.0226. The molecule has 0 aliphatic carbocycles. The number of carboxylic acid groups (broad SMARTS) is 1. The first kappa shape index (κ1) is 46.0. The van der Waals surface area contributed by atoms with Gasteiger partial charge in [0.1, 0.15) is 23.1 Å². The van der Waals surface area contributed by atoms with Gasteiger partial charge in [-0.1, -0.05) is 77.0 Å². The van der Waals surface area contributed by atoms with Crippen LogP contribution in [-0.4, -0.2) is 87.1 Å². The number of carboxylic acids is 1. The fourth-order valence-corrected chi connectivity index (χ4v) is 5.37. The summed E-state index contributed by atoms with van der Waals surface area (Å²) in [6.07, 6.45) is 20.0. The SMILES string of the molecule is CC(=O)CC[C@H](CC(=O)CCOCCOCCOCCOCCCC(=O)CCCCCCCCCCCCCCCCC(=O)O)C(C)=O. The average Bonchev–Trinajstić information content (AvgIpc) is 3.04. The zero-order chi connectivity index (χ0) is 35.5. The summed E-state index contributed by atoms with van der Waals surface area (Å²) < 4.78 is 21.9. The minimum atomic E-state index is -0.686. The highest BCUT2D eigenvalue weighted by Gasteiger charge is 2.18. The second kappa shape index (κ2) is 34.8. The summed E-state index contributed by atoms with van der Waals surface area (Å²) in [5.74, 6) is -0.817. The normalized spacial score (nSPS) is 11.9. The van der Waals surface area contributed by atoms with E-state index in [1.807, 2.05) is 0 Å². The maximum atomic E-state index is 12.1. The quantitative estimate of drug-likeness (QED) is 0.0642. The van der Waals surface area contributed by atoms with Crippen LogP contribution in [0.1, 0.15) is 155 Å². The van der Waals surface area contributed by atoms with Crippen molar-refractivity contribution >= 4 is 29.1 Å². The van der Waals surface area contributed by atoms with Gasteiger partial charge in [-0.15, -0.1) is 0 Å². The Bertz CT molecular complexity index is 828. The highest BCUT2D eigenvalue weighted by molar-refractivity contribution is 5.87. The van der Waals surface area contributed by atoms with Crippen LogP contribution in [0.3, 0.4) is 0 Å². The number of unbranched alkanes of at least 4 members (excludes halogenated alkanes) is 13. The number of ether oxygens (including phenoxy) is 4. The van der Waals surface area contributed by atoms with Crippen LogP contribution in [0.2, 0.25) is 0 Å². The van der Waals surface area contributed by atoms with Crippen LogP contribution < -0.4 is 0 Å². The molecule has 0 spiro atoms. The maximum Gasteiger partial charge on any atom is 0.303 e. The molecular formula is C38H68O10. The molecule has 1 atom stereocenters. The molecule has 48 heavy (non-hydrogen) atoms. The van der Waals surface area contributed by atoms with Crippen molar-refractivity contribution in [2.45, 2.75) is 155 Å². The fraction of sp³-hybridized carbons (Fsp3) is 0.868. The number of Topliss-reactive ketones (excluding diaryl/α,β-unsaturated/α-hetero) is 4. The lowest BCUT2D eigenvalue weighted by atomic mass is 9.92. The Kier molecular flexibility index (Phi) is 33.4. The summed E-state index contributed by atoms with van der Waals surface area (Å²) in [6.45, 7) is 6.42. The number of hydrogen-bond acceptors (Lipinski definition) is 9. The Balaban J connectivity index is 3.33. The molecule has 280 valence electrons. The van der Waals surface area contributed by atoms with Gasteiger partial charge >= 0.3 is 5.97 Å². The summed E-state index contributed by atoms with van der Waals surface area (Å²) in [4.78, 5) is 57.5. The van der Waals surface area contributed by atoms with Gasteiger partial charge in [0, 0.05) is 51.0 Å². The molecule has 0 aromatic rings. The third kappa shape index (κ3) is 35.3. The van der Waals surface area contributed by atoms with E-state index < -0.39 is 5.97 Å². The predicted molar refractivity (Wildman–Crippen MR) is 187 cm³/mol. The largest absolute Gasteiger partial charge is 0.481 e. The third-order valence-electron chi connectivity index (χ3n) is 8.38. The zero-order valence-electron chi connectivity index (χ0n) is 30.4. The van der Waals surface area contributed by atoms with Gasteiger partial charge in [-0.05, 0) is 39.5 Å². The van der Waals surface area contributed by atoms with Gasteiger partial charge in [-0.2, -0.15) is 0 Å². The van der Waals surface area contributed by atoms with Crippen molar-refractivity contribution in [3.05, 3.63) is 0 Å². The van der Waals surface area contributed by atoms with Crippen molar-refractivity contribution in [1.82, 2.24) is 0 Å². The molecule has 0 radical (unpaired) electrons. The average molecular weight is 685 g/mol. The lowest BCUT2D eigenvalue weighted by molar-refractivity contribution is -0.137. The van der Waals surface area contributed by atoms with E-state index in [1.165, 1.54) is 71.6 Å². The Morgan fingerprint density at radius 1 is 0.438 bits per heavy atom. The molecule has 0 aliphatic rings. The van der Waals surface area contributed by atoms with Gasteiger partial charge in [0.2, 0.25) is 0 Å². The van der Waals surface area contributed by atoms with Gasteiger partial charge in [-0.25, -0.2) is 0 Å². The van der Waals surface area contributed by atoms with Crippen LogP contribution in [0.15, 0.2) is 0 Å². The molecular weight excluding hydrogens is 616 g/mol. The van der Waals surface area contributed by atoms with Crippen LogP contribution in [0.25, 0.3) is 0 Å². The van der Waals surface area contributed by atoms with Crippen molar-refractivity contribution in [1.29, 1.82) is 0 Å². The van der Waals surface area contributed by atoms with E-state index in [4.69, 9.17) is 24.1 Å². The van der Waals surface area contributed by atoms with E-state index in [0.717, 1.165) is 38.5 Å². The monoisotopic (exact) mass is 684 g/mol. The molecule has 10 nitrogen and oxygen atoms in total. The Morgan fingerprint density at radius 3 is 1.27 bits per heavy atom. The lowest BCUT2D eigenvalue weighted by Gasteiger charge is -2.12. The summed E-state index contributed by atoms with van der Waals surface area (Å²) >= 11 is 0. The molecule has 0 aliphatic heterocycles. The van der Waals surface area contributed by atoms with Crippen molar-refractivity contribution in [3.63, 3.8) is 0 Å². The van der Waals surface area contributed by atoms with Gasteiger partial charge in [-0.3, -0.25) is 19.2 Å².